The smallest absolute Gasteiger partial charge is 0.0855 e. The van der Waals surface area contributed by atoms with E-state index in [-0.39, 0.29) is 11.1 Å². The second-order valence-corrected chi connectivity index (χ2v) is 7.00. The van der Waals surface area contributed by atoms with E-state index in [9.17, 15) is 5.11 Å². The fraction of sp³-hybridized carbons (Fsp3) is 1.00. The first-order valence-corrected chi connectivity index (χ1v) is 5.68. The quantitative estimate of drug-likeness (QED) is 0.618. The van der Waals surface area contributed by atoms with E-state index in [4.69, 9.17) is 5.73 Å². The lowest BCUT2D eigenvalue weighted by atomic mass is 9.65. The van der Waals surface area contributed by atoms with E-state index in [2.05, 4.69) is 33.0 Å². The monoisotopic (exact) mass is 214 g/mol. The Morgan fingerprint density at radius 1 is 1.07 bits per heavy atom. The van der Waals surface area contributed by atoms with Crippen molar-refractivity contribution in [1.29, 1.82) is 0 Å². The molecule has 0 saturated carbocycles. The largest absolute Gasteiger partial charge is 0.388 e. The number of aliphatic hydroxyl groups is 1. The highest BCUT2D eigenvalue weighted by molar-refractivity contribution is 5.11. The fourth-order valence-corrected chi connectivity index (χ4v) is 2.98. The van der Waals surface area contributed by atoms with Gasteiger partial charge in [-0.2, -0.15) is 0 Å². The maximum Gasteiger partial charge on any atom is 0.0855 e. The SMILES string of the molecule is CC1(C)CC(O)(C(C)(C)N)CC(C)(C)N1. The Bertz CT molecular complexity index is 235. The van der Waals surface area contributed by atoms with Crippen molar-refractivity contribution in [3.63, 3.8) is 0 Å². The van der Waals surface area contributed by atoms with Crippen molar-refractivity contribution in [1.82, 2.24) is 5.32 Å². The first kappa shape index (κ1) is 12.9. The predicted molar refractivity (Wildman–Crippen MR) is 63.7 cm³/mol. The van der Waals surface area contributed by atoms with Gasteiger partial charge in [0.05, 0.1) is 5.60 Å². The molecule has 15 heavy (non-hydrogen) atoms. The first-order valence-electron chi connectivity index (χ1n) is 5.68. The molecule has 3 nitrogen and oxygen atoms in total. The molecule has 0 amide bonds. The van der Waals surface area contributed by atoms with Gasteiger partial charge in [0.25, 0.3) is 0 Å². The minimum absolute atomic E-state index is 0.0762. The van der Waals surface area contributed by atoms with E-state index in [1.807, 2.05) is 13.8 Å². The van der Waals surface area contributed by atoms with Gasteiger partial charge in [-0.25, -0.2) is 0 Å². The van der Waals surface area contributed by atoms with E-state index >= 15 is 0 Å². The van der Waals surface area contributed by atoms with E-state index in [0.717, 1.165) is 0 Å². The number of nitrogens with two attached hydrogens (primary N) is 1. The summed E-state index contributed by atoms with van der Waals surface area (Å²) in [6.45, 7) is 12.3. The summed E-state index contributed by atoms with van der Waals surface area (Å²) in [5.74, 6) is 0. The molecule has 90 valence electrons. The van der Waals surface area contributed by atoms with Gasteiger partial charge in [0.2, 0.25) is 0 Å². The Morgan fingerprint density at radius 2 is 1.40 bits per heavy atom. The zero-order valence-corrected chi connectivity index (χ0v) is 10.9. The molecule has 0 spiro atoms. The lowest BCUT2D eigenvalue weighted by Gasteiger charge is -2.55. The van der Waals surface area contributed by atoms with Crippen LogP contribution in [0.25, 0.3) is 0 Å². The summed E-state index contributed by atoms with van der Waals surface area (Å²) in [7, 11) is 0. The van der Waals surface area contributed by atoms with Crippen LogP contribution in [0.3, 0.4) is 0 Å². The van der Waals surface area contributed by atoms with Crippen molar-refractivity contribution < 1.29 is 5.11 Å². The molecule has 1 heterocycles. The van der Waals surface area contributed by atoms with Gasteiger partial charge in [-0.1, -0.05) is 0 Å². The number of piperidine rings is 1. The van der Waals surface area contributed by atoms with Crippen LogP contribution in [0.4, 0.5) is 0 Å². The van der Waals surface area contributed by atoms with Gasteiger partial charge in [-0.15, -0.1) is 0 Å². The van der Waals surface area contributed by atoms with E-state index in [1.165, 1.54) is 0 Å². The molecule has 1 rings (SSSR count). The molecule has 0 radical (unpaired) electrons. The van der Waals surface area contributed by atoms with Crippen LogP contribution in [0.1, 0.15) is 54.4 Å². The Hall–Kier alpha value is -0.120. The van der Waals surface area contributed by atoms with Crippen molar-refractivity contribution >= 4 is 0 Å². The average Bonchev–Trinajstić information content (AvgIpc) is 1.72. The molecule has 1 aliphatic heterocycles. The van der Waals surface area contributed by atoms with Crippen LogP contribution in [0, 0.1) is 0 Å². The van der Waals surface area contributed by atoms with Gasteiger partial charge in [0.15, 0.2) is 0 Å². The van der Waals surface area contributed by atoms with Gasteiger partial charge < -0.3 is 16.2 Å². The number of hydrogen-bond donors (Lipinski definition) is 3. The fourth-order valence-electron chi connectivity index (χ4n) is 2.98. The Morgan fingerprint density at radius 3 is 1.67 bits per heavy atom. The van der Waals surface area contributed by atoms with Gasteiger partial charge in [-0.3, -0.25) is 0 Å². The van der Waals surface area contributed by atoms with Crippen LogP contribution >= 0.6 is 0 Å². The zero-order chi connectivity index (χ0) is 12.1. The topological polar surface area (TPSA) is 58.3 Å². The summed E-state index contributed by atoms with van der Waals surface area (Å²) in [6, 6.07) is 0. The van der Waals surface area contributed by atoms with Crippen LogP contribution in [0.2, 0.25) is 0 Å². The maximum absolute atomic E-state index is 10.7. The Labute approximate surface area is 93.4 Å². The lowest BCUT2D eigenvalue weighted by molar-refractivity contribution is -0.0983. The third-order valence-electron chi connectivity index (χ3n) is 3.34. The standard InChI is InChI=1S/C12H26N2O/c1-9(2)7-12(15,11(5,6)13)8-10(3,4)14-9/h14-15H,7-8,13H2,1-6H3. The lowest BCUT2D eigenvalue weighted by Crippen LogP contribution is -2.70. The number of rotatable bonds is 1. The molecule has 0 aromatic rings. The van der Waals surface area contributed by atoms with Crippen LogP contribution in [0.15, 0.2) is 0 Å². The van der Waals surface area contributed by atoms with Crippen molar-refractivity contribution in [2.75, 3.05) is 0 Å². The normalized spacial score (nSPS) is 28.8. The molecule has 0 aromatic heterocycles. The summed E-state index contributed by atoms with van der Waals surface area (Å²) < 4.78 is 0. The molecule has 1 fully saturated rings. The van der Waals surface area contributed by atoms with Gasteiger partial charge >= 0.3 is 0 Å². The summed E-state index contributed by atoms with van der Waals surface area (Å²) in [5, 5.41) is 14.3. The minimum atomic E-state index is -0.800. The van der Waals surface area contributed by atoms with E-state index in [0.29, 0.717) is 12.8 Å². The summed E-state index contributed by atoms with van der Waals surface area (Å²) in [4.78, 5) is 0. The summed E-state index contributed by atoms with van der Waals surface area (Å²) in [5.41, 5.74) is 4.59. The highest BCUT2D eigenvalue weighted by Crippen LogP contribution is 2.40. The third kappa shape index (κ3) is 2.71. The first-order chi connectivity index (χ1) is 6.37. The molecule has 0 bridgehead atoms. The third-order valence-corrected chi connectivity index (χ3v) is 3.34. The zero-order valence-electron chi connectivity index (χ0n) is 10.9. The molecule has 0 atom stereocenters. The second kappa shape index (κ2) is 3.19. The minimum Gasteiger partial charge on any atom is -0.388 e. The van der Waals surface area contributed by atoms with Crippen LogP contribution in [-0.2, 0) is 0 Å². The average molecular weight is 214 g/mol. The highest BCUT2D eigenvalue weighted by atomic mass is 16.3. The van der Waals surface area contributed by atoms with E-state index < -0.39 is 11.1 Å². The van der Waals surface area contributed by atoms with Gasteiger partial charge in [0, 0.05) is 16.6 Å². The van der Waals surface area contributed by atoms with Crippen molar-refractivity contribution in [2.24, 2.45) is 5.73 Å². The van der Waals surface area contributed by atoms with Crippen LogP contribution in [-0.4, -0.2) is 27.3 Å². The Kier molecular flexibility index (Phi) is 2.75. The van der Waals surface area contributed by atoms with E-state index in [1.54, 1.807) is 0 Å². The number of nitrogens with one attached hydrogen (secondary N) is 1. The maximum atomic E-state index is 10.7. The molecular weight excluding hydrogens is 188 g/mol. The van der Waals surface area contributed by atoms with Crippen LogP contribution in [0.5, 0.6) is 0 Å². The van der Waals surface area contributed by atoms with Crippen LogP contribution < -0.4 is 11.1 Å². The van der Waals surface area contributed by atoms with Gasteiger partial charge in [-0.05, 0) is 54.4 Å². The highest BCUT2D eigenvalue weighted by Gasteiger charge is 2.52. The van der Waals surface area contributed by atoms with Gasteiger partial charge in [0.1, 0.15) is 0 Å². The molecule has 1 saturated heterocycles. The molecule has 0 aromatic carbocycles. The summed E-state index contributed by atoms with van der Waals surface area (Å²) in [6.07, 6.45) is 1.37. The van der Waals surface area contributed by atoms with Crippen molar-refractivity contribution in [3.8, 4) is 0 Å². The molecule has 0 unspecified atom stereocenters. The molecule has 1 aliphatic rings. The molecule has 3 heteroatoms. The molecule has 4 N–H and O–H groups in total. The number of hydrogen-bond acceptors (Lipinski definition) is 3. The van der Waals surface area contributed by atoms with Crippen molar-refractivity contribution in [3.05, 3.63) is 0 Å². The molecular formula is C12H26N2O. The molecule has 0 aliphatic carbocycles. The Balaban J connectivity index is 3.03. The second-order valence-electron chi connectivity index (χ2n) is 7.00. The summed E-state index contributed by atoms with van der Waals surface area (Å²) >= 11 is 0. The predicted octanol–water partition coefficient (Wildman–Crippen LogP) is 1.40. The van der Waals surface area contributed by atoms with Crippen molar-refractivity contribution in [2.45, 2.75) is 76.6 Å².